The molecule has 0 aromatic heterocycles. The monoisotopic (exact) mass is 391 g/mol. The predicted molar refractivity (Wildman–Crippen MR) is 66.9 cm³/mol. The van der Waals surface area contributed by atoms with Crippen LogP contribution < -0.4 is 0 Å². The van der Waals surface area contributed by atoms with Crippen LogP contribution >= 0.6 is 22.8 Å². The number of hydrogen-bond donors (Lipinski definition) is 10. The second-order valence-corrected chi connectivity index (χ2v) is 10.2. The molecule has 17 heteroatoms. The van der Waals surface area contributed by atoms with Crippen LogP contribution in [-0.4, -0.2) is 85.1 Å². The maximum absolute atomic E-state index is 11.5. The van der Waals surface area contributed by atoms with E-state index in [2.05, 4.69) is 0 Å². The standard InChI is InChI=1S/C5H16NO13P3/c7-1-3(9)6(4(10)2-8)5(20(11,12)13,21(14,15)16)22(17,18)19/h3-4,7-10H,1-2H2,(H2,11,12,13)(H2,14,15,16)(H2,17,18,19). The molecule has 10 N–H and O–H groups in total. The van der Waals surface area contributed by atoms with E-state index in [0.29, 0.717) is 0 Å². The van der Waals surface area contributed by atoms with Gasteiger partial charge in [0.2, 0.25) is 0 Å². The van der Waals surface area contributed by atoms with Crippen LogP contribution in [0.15, 0.2) is 0 Å². The maximum Gasteiger partial charge on any atom is 0.371 e. The molecule has 0 rings (SSSR count). The first-order valence-electron chi connectivity index (χ1n) is 5.12. The number of nitrogens with zero attached hydrogens (tertiary/aromatic N) is 1. The highest BCUT2D eigenvalue weighted by atomic mass is 31.3. The Morgan fingerprint density at radius 3 is 1.09 bits per heavy atom. The minimum Gasteiger partial charge on any atom is -0.392 e. The summed E-state index contributed by atoms with van der Waals surface area (Å²) in [6, 6.07) is 0. The summed E-state index contributed by atoms with van der Waals surface area (Å²) in [5, 5.41) is 36.4. The fraction of sp³-hybridized carbons (Fsp3) is 1.00. The zero-order valence-electron chi connectivity index (χ0n) is 10.6. The lowest BCUT2D eigenvalue weighted by Gasteiger charge is -2.46. The summed E-state index contributed by atoms with van der Waals surface area (Å²) in [6.07, 6.45) is -5.48. The summed E-state index contributed by atoms with van der Waals surface area (Å²) in [4.78, 5) is 54.2. The van der Waals surface area contributed by atoms with Crippen molar-refractivity contribution in [2.24, 2.45) is 0 Å². The van der Waals surface area contributed by atoms with Gasteiger partial charge >= 0.3 is 27.5 Å². The summed E-state index contributed by atoms with van der Waals surface area (Å²) < 4.78 is 29.8. The molecule has 0 aliphatic heterocycles. The van der Waals surface area contributed by atoms with Gasteiger partial charge in [0.05, 0.1) is 13.2 Å². The van der Waals surface area contributed by atoms with Gasteiger partial charge in [-0.3, -0.25) is 13.7 Å². The molecule has 0 aromatic rings. The third-order valence-corrected chi connectivity index (χ3v) is 10.2. The Morgan fingerprint density at radius 1 is 0.727 bits per heavy atom. The van der Waals surface area contributed by atoms with Gasteiger partial charge in [-0.25, -0.2) is 4.90 Å². The van der Waals surface area contributed by atoms with Crippen molar-refractivity contribution in [2.75, 3.05) is 13.2 Å². The van der Waals surface area contributed by atoms with E-state index in [1.54, 1.807) is 0 Å². The van der Waals surface area contributed by atoms with E-state index < -0.39 is 58.1 Å². The molecule has 0 radical (unpaired) electrons. The third-order valence-electron chi connectivity index (χ3n) is 2.49. The van der Waals surface area contributed by atoms with Crippen LogP contribution in [0.3, 0.4) is 0 Å². The predicted octanol–water partition coefficient (Wildman–Crippen LogP) is -3.95. The van der Waals surface area contributed by atoms with Crippen molar-refractivity contribution in [1.29, 1.82) is 0 Å². The van der Waals surface area contributed by atoms with Crippen LogP contribution in [0.5, 0.6) is 0 Å². The van der Waals surface area contributed by atoms with Crippen molar-refractivity contribution >= 4 is 22.8 Å². The quantitative estimate of drug-likeness (QED) is 0.140. The fourth-order valence-corrected chi connectivity index (χ4v) is 7.51. The summed E-state index contributed by atoms with van der Waals surface area (Å²) in [7, 11) is -19.4. The van der Waals surface area contributed by atoms with Gasteiger partial charge in [-0.1, -0.05) is 0 Å². The van der Waals surface area contributed by atoms with Gasteiger partial charge in [-0.05, 0) is 0 Å². The summed E-state index contributed by atoms with van der Waals surface area (Å²) in [5.41, 5.74) is 0. The van der Waals surface area contributed by atoms with Gasteiger partial charge in [0.1, 0.15) is 12.5 Å². The lowest BCUT2D eigenvalue weighted by Crippen LogP contribution is -2.59. The average molecular weight is 391 g/mol. The number of aliphatic hydroxyl groups excluding tert-OH is 4. The molecule has 0 fully saturated rings. The first-order valence-corrected chi connectivity index (χ1v) is 9.96. The third kappa shape index (κ3) is 3.66. The highest BCUT2D eigenvalue weighted by molar-refractivity contribution is 7.88. The van der Waals surface area contributed by atoms with Crippen molar-refractivity contribution in [3.63, 3.8) is 0 Å². The van der Waals surface area contributed by atoms with E-state index in [0.717, 1.165) is 0 Å². The van der Waals surface area contributed by atoms with Gasteiger partial charge in [0, 0.05) is 0 Å². The molecule has 0 aromatic carbocycles. The number of hydrogen-bond acceptors (Lipinski definition) is 8. The van der Waals surface area contributed by atoms with Crippen molar-refractivity contribution in [3.8, 4) is 0 Å². The minimum absolute atomic E-state index is 0.796. The van der Waals surface area contributed by atoms with Gasteiger partial charge in [0.25, 0.3) is 0 Å². The molecule has 2 unspecified atom stereocenters. The molecule has 134 valence electrons. The van der Waals surface area contributed by atoms with E-state index in [9.17, 15) is 23.9 Å². The van der Waals surface area contributed by atoms with E-state index in [4.69, 9.17) is 39.6 Å². The Labute approximate surface area is 122 Å². The van der Waals surface area contributed by atoms with Crippen LogP contribution in [0.2, 0.25) is 0 Å². The zero-order chi connectivity index (χ0) is 18.1. The Morgan fingerprint density at radius 2 is 0.955 bits per heavy atom. The highest BCUT2D eigenvalue weighted by Gasteiger charge is 2.77. The molecule has 0 bridgehead atoms. The van der Waals surface area contributed by atoms with Crippen LogP contribution in [0.25, 0.3) is 0 Å². The molecule has 0 aliphatic carbocycles. The molecule has 0 spiro atoms. The molecule has 0 heterocycles. The molecule has 0 saturated heterocycles. The molecule has 0 aliphatic rings. The topological polar surface area (TPSA) is 257 Å². The van der Waals surface area contributed by atoms with Crippen LogP contribution in [0, 0.1) is 0 Å². The van der Waals surface area contributed by atoms with Crippen LogP contribution in [0.4, 0.5) is 0 Å². The van der Waals surface area contributed by atoms with E-state index >= 15 is 0 Å². The van der Waals surface area contributed by atoms with Gasteiger partial charge in [-0.2, -0.15) is 0 Å². The van der Waals surface area contributed by atoms with Crippen molar-refractivity contribution < 1.29 is 63.5 Å². The Balaban J connectivity index is 6.95. The first kappa shape index (κ1) is 22.2. The SMILES string of the molecule is O=P(O)(O)C(N(C(O)CO)C(O)CO)(P(=O)(O)O)P(=O)(O)O. The minimum atomic E-state index is -6.48. The van der Waals surface area contributed by atoms with Crippen LogP contribution in [-0.2, 0) is 13.7 Å². The number of aliphatic hydroxyl groups is 4. The smallest absolute Gasteiger partial charge is 0.371 e. The largest absolute Gasteiger partial charge is 0.392 e. The molecule has 22 heavy (non-hydrogen) atoms. The summed E-state index contributed by atoms with van der Waals surface area (Å²) in [6.45, 7) is -3.09. The Bertz CT molecular complexity index is 453. The molecular formula is C5H16NO13P3. The lowest BCUT2D eigenvalue weighted by atomic mass is 10.4. The molecular weight excluding hydrogens is 375 g/mol. The lowest BCUT2D eigenvalue weighted by molar-refractivity contribution is -0.144. The Hall–Kier alpha value is 0.250. The maximum atomic E-state index is 11.5. The van der Waals surface area contributed by atoms with Crippen molar-refractivity contribution in [1.82, 2.24) is 4.90 Å². The van der Waals surface area contributed by atoms with Crippen LogP contribution in [0.1, 0.15) is 0 Å². The first-order chi connectivity index (χ1) is 9.59. The number of rotatable bonds is 8. The summed E-state index contributed by atoms with van der Waals surface area (Å²) >= 11 is 0. The fourth-order valence-electron chi connectivity index (χ4n) is 1.73. The molecule has 0 amide bonds. The second kappa shape index (κ2) is 7.01. The highest BCUT2D eigenvalue weighted by Crippen LogP contribution is 2.84. The summed E-state index contributed by atoms with van der Waals surface area (Å²) in [5.74, 6) is 0. The second-order valence-electron chi connectivity index (χ2n) is 3.97. The van der Waals surface area contributed by atoms with Gasteiger partial charge < -0.3 is 49.8 Å². The van der Waals surface area contributed by atoms with Gasteiger partial charge in [0.15, 0.2) is 0 Å². The van der Waals surface area contributed by atoms with E-state index in [1.165, 1.54) is 0 Å². The van der Waals surface area contributed by atoms with E-state index in [-0.39, 0.29) is 0 Å². The normalized spacial score (nSPS) is 17.6. The molecule has 14 nitrogen and oxygen atoms in total. The van der Waals surface area contributed by atoms with E-state index in [1.807, 2.05) is 0 Å². The molecule has 2 atom stereocenters. The van der Waals surface area contributed by atoms with Crippen molar-refractivity contribution in [3.05, 3.63) is 0 Å². The zero-order valence-corrected chi connectivity index (χ0v) is 13.2. The van der Waals surface area contributed by atoms with Crippen molar-refractivity contribution in [2.45, 2.75) is 17.2 Å². The molecule has 0 saturated carbocycles. The average Bonchev–Trinajstić information content (AvgIpc) is 2.28. The van der Waals surface area contributed by atoms with Gasteiger partial charge in [-0.15, -0.1) is 0 Å². The Kier molecular flexibility index (Phi) is 7.09.